The first-order chi connectivity index (χ1) is 8.63. The fourth-order valence-corrected chi connectivity index (χ4v) is 2.90. The van der Waals surface area contributed by atoms with Crippen LogP contribution in [0, 0.1) is 6.92 Å². The van der Waals surface area contributed by atoms with E-state index in [-0.39, 0.29) is 0 Å². The van der Waals surface area contributed by atoms with Crippen molar-refractivity contribution in [3.8, 4) is 0 Å². The zero-order valence-corrected chi connectivity index (χ0v) is 12.0. The summed E-state index contributed by atoms with van der Waals surface area (Å²) in [5.74, 6) is 0.474. The summed E-state index contributed by atoms with van der Waals surface area (Å²) in [7, 11) is 0. The van der Waals surface area contributed by atoms with Gasteiger partial charge in [-0.05, 0) is 28.9 Å². The molecule has 3 heterocycles. The molecule has 2 N–H and O–H groups in total. The second-order valence-corrected chi connectivity index (χ2v) is 6.13. The van der Waals surface area contributed by atoms with Crippen LogP contribution in [0.4, 0.5) is 5.95 Å². The Balaban J connectivity index is 2.08. The molecule has 0 spiro atoms. The van der Waals surface area contributed by atoms with Gasteiger partial charge in [0, 0.05) is 21.7 Å². The molecule has 18 heavy (non-hydrogen) atoms. The van der Waals surface area contributed by atoms with Gasteiger partial charge in [0.1, 0.15) is 5.52 Å². The molecule has 0 unspecified atom stereocenters. The summed E-state index contributed by atoms with van der Waals surface area (Å²) < 4.78 is 2.79. The molecule has 7 heteroatoms. The molecule has 92 valence electrons. The van der Waals surface area contributed by atoms with Crippen LogP contribution in [0.15, 0.2) is 22.9 Å². The Hall–Kier alpha value is -1.47. The van der Waals surface area contributed by atoms with Crippen LogP contribution in [-0.2, 0) is 6.54 Å². The maximum Gasteiger partial charge on any atom is 0.202 e. The van der Waals surface area contributed by atoms with Crippen LogP contribution in [0.5, 0.6) is 0 Å². The maximum absolute atomic E-state index is 5.94. The third kappa shape index (κ3) is 1.99. The highest BCUT2D eigenvalue weighted by molar-refractivity contribution is 9.10. The van der Waals surface area contributed by atoms with E-state index in [1.807, 2.05) is 23.8 Å². The van der Waals surface area contributed by atoms with Crippen molar-refractivity contribution in [1.82, 2.24) is 19.5 Å². The Labute approximate surface area is 116 Å². The topological polar surface area (TPSA) is 69.6 Å². The van der Waals surface area contributed by atoms with Gasteiger partial charge in [0.15, 0.2) is 5.65 Å². The van der Waals surface area contributed by atoms with E-state index in [1.165, 1.54) is 0 Å². The number of imidazole rings is 1. The minimum atomic E-state index is 0.474. The summed E-state index contributed by atoms with van der Waals surface area (Å²) in [4.78, 5) is 14.1. The number of pyridine rings is 1. The molecule has 0 fully saturated rings. The van der Waals surface area contributed by atoms with Gasteiger partial charge >= 0.3 is 0 Å². The number of hydrogen-bond donors (Lipinski definition) is 1. The monoisotopic (exact) mass is 323 g/mol. The zero-order chi connectivity index (χ0) is 12.7. The van der Waals surface area contributed by atoms with Gasteiger partial charge in [-0.2, -0.15) is 0 Å². The summed E-state index contributed by atoms with van der Waals surface area (Å²) in [6.45, 7) is 2.64. The van der Waals surface area contributed by atoms with Crippen LogP contribution >= 0.6 is 27.3 Å². The van der Waals surface area contributed by atoms with Gasteiger partial charge in [-0.15, -0.1) is 11.3 Å². The van der Waals surface area contributed by atoms with E-state index < -0.39 is 0 Å². The summed E-state index contributed by atoms with van der Waals surface area (Å²) in [6.07, 6.45) is 3.61. The van der Waals surface area contributed by atoms with Crippen molar-refractivity contribution in [3.05, 3.63) is 32.8 Å². The van der Waals surface area contributed by atoms with Crippen molar-refractivity contribution in [2.45, 2.75) is 13.5 Å². The van der Waals surface area contributed by atoms with E-state index in [0.717, 1.165) is 25.5 Å². The highest BCUT2D eigenvalue weighted by Gasteiger charge is 2.11. The summed E-state index contributed by atoms with van der Waals surface area (Å²) >= 11 is 5.03. The molecule has 0 saturated heterocycles. The number of anilines is 1. The van der Waals surface area contributed by atoms with Gasteiger partial charge in [-0.3, -0.25) is 4.57 Å². The van der Waals surface area contributed by atoms with Crippen molar-refractivity contribution >= 4 is 44.4 Å². The number of fused-ring (bicyclic) bond motifs is 1. The minimum Gasteiger partial charge on any atom is -0.369 e. The predicted octanol–water partition coefficient (Wildman–Crippen LogP) is 2.59. The molecule has 0 aliphatic carbocycles. The first-order valence-corrected chi connectivity index (χ1v) is 6.93. The first kappa shape index (κ1) is 11.6. The van der Waals surface area contributed by atoms with Crippen LogP contribution in [0.3, 0.4) is 0 Å². The lowest BCUT2D eigenvalue weighted by Crippen LogP contribution is -2.04. The minimum absolute atomic E-state index is 0.474. The highest BCUT2D eigenvalue weighted by Crippen LogP contribution is 2.22. The number of thiazole rings is 1. The Morgan fingerprint density at radius 2 is 2.22 bits per heavy atom. The fourth-order valence-electron chi connectivity index (χ4n) is 1.79. The number of hydrogen-bond acceptors (Lipinski definition) is 5. The van der Waals surface area contributed by atoms with Crippen LogP contribution in [-0.4, -0.2) is 19.5 Å². The molecule has 0 atom stereocenters. The van der Waals surface area contributed by atoms with E-state index in [2.05, 4.69) is 30.9 Å². The van der Waals surface area contributed by atoms with Gasteiger partial charge in [0.25, 0.3) is 0 Å². The molecule has 0 aromatic carbocycles. The maximum atomic E-state index is 5.94. The van der Waals surface area contributed by atoms with Gasteiger partial charge in [-0.1, -0.05) is 0 Å². The Kier molecular flexibility index (Phi) is 2.79. The van der Waals surface area contributed by atoms with Gasteiger partial charge < -0.3 is 5.73 Å². The molecule has 0 aliphatic heterocycles. The van der Waals surface area contributed by atoms with Crippen LogP contribution in [0.2, 0.25) is 0 Å². The number of aromatic nitrogens is 4. The van der Waals surface area contributed by atoms with Crippen LogP contribution in [0.1, 0.15) is 9.88 Å². The largest absolute Gasteiger partial charge is 0.369 e. The van der Waals surface area contributed by atoms with E-state index in [0.29, 0.717) is 12.5 Å². The molecule has 3 aromatic rings. The lowest BCUT2D eigenvalue weighted by molar-refractivity contribution is 0.839. The number of nitrogen functional groups attached to an aromatic ring is 1. The van der Waals surface area contributed by atoms with Crippen molar-refractivity contribution in [1.29, 1.82) is 0 Å². The quantitative estimate of drug-likeness (QED) is 0.787. The summed E-state index contributed by atoms with van der Waals surface area (Å²) in [6, 6.07) is 1.91. The lowest BCUT2D eigenvalue weighted by Gasteiger charge is -2.02. The van der Waals surface area contributed by atoms with Crippen molar-refractivity contribution in [2.75, 3.05) is 5.73 Å². The fraction of sp³-hybridized carbons (Fsp3) is 0.182. The molecule has 0 amide bonds. The normalized spacial score (nSPS) is 11.2. The molecule has 0 radical (unpaired) electrons. The van der Waals surface area contributed by atoms with E-state index in [9.17, 15) is 0 Å². The molecular formula is C11H10BrN5S. The molecular weight excluding hydrogens is 314 g/mol. The molecule has 0 bridgehead atoms. The Morgan fingerprint density at radius 3 is 2.94 bits per heavy atom. The van der Waals surface area contributed by atoms with Crippen molar-refractivity contribution in [3.63, 3.8) is 0 Å². The third-order valence-electron chi connectivity index (χ3n) is 2.56. The average molecular weight is 324 g/mol. The van der Waals surface area contributed by atoms with Gasteiger partial charge in [0.2, 0.25) is 5.95 Å². The number of rotatable bonds is 2. The third-order valence-corrected chi connectivity index (χ3v) is 3.90. The summed E-state index contributed by atoms with van der Waals surface area (Å²) in [5.41, 5.74) is 7.53. The van der Waals surface area contributed by atoms with Gasteiger partial charge in [0.05, 0.1) is 11.6 Å². The van der Waals surface area contributed by atoms with Gasteiger partial charge in [-0.25, -0.2) is 15.0 Å². The lowest BCUT2D eigenvalue weighted by atomic mass is 10.4. The number of nitrogens with two attached hydrogens (primary N) is 1. The highest BCUT2D eigenvalue weighted by atomic mass is 79.9. The smallest absolute Gasteiger partial charge is 0.202 e. The van der Waals surface area contributed by atoms with Crippen molar-refractivity contribution in [2.24, 2.45) is 0 Å². The standard InChI is InChI=1S/C11H10BrN5S/c1-6-14-4-8(18-6)5-17-10-9(16-11(17)13)2-7(12)3-15-10/h2-4H,5H2,1H3,(H2,13,16). The Bertz CT molecular complexity index is 717. The molecule has 0 saturated carbocycles. The SMILES string of the molecule is Cc1ncc(Cn2c(N)nc3cc(Br)cnc32)s1. The zero-order valence-electron chi connectivity index (χ0n) is 9.59. The first-order valence-electron chi connectivity index (χ1n) is 5.32. The average Bonchev–Trinajstić information content (AvgIpc) is 2.84. The number of halogens is 1. The van der Waals surface area contributed by atoms with Crippen LogP contribution in [0.25, 0.3) is 11.2 Å². The summed E-state index contributed by atoms with van der Waals surface area (Å²) in [5, 5.41) is 1.05. The molecule has 0 aliphatic rings. The van der Waals surface area contributed by atoms with E-state index in [1.54, 1.807) is 17.5 Å². The van der Waals surface area contributed by atoms with E-state index in [4.69, 9.17) is 5.73 Å². The second kappa shape index (κ2) is 4.33. The second-order valence-electron chi connectivity index (χ2n) is 3.90. The molecule has 3 aromatic heterocycles. The predicted molar refractivity (Wildman–Crippen MR) is 75.6 cm³/mol. The molecule has 5 nitrogen and oxygen atoms in total. The molecule has 3 rings (SSSR count). The number of nitrogens with zero attached hydrogens (tertiary/aromatic N) is 4. The number of aryl methyl sites for hydroxylation is 1. The van der Waals surface area contributed by atoms with E-state index >= 15 is 0 Å². The Morgan fingerprint density at radius 1 is 1.39 bits per heavy atom. The van der Waals surface area contributed by atoms with Crippen molar-refractivity contribution < 1.29 is 0 Å². The van der Waals surface area contributed by atoms with Crippen LogP contribution < -0.4 is 5.73 Å².